The third-order valence-electron chi connectivity index (χ3n) is 4.13. The van der Waals surface area contributed by atoms with E-state index in [9.17, 15) is 27.5 Å². The summed E-state index contributed by atoms with van der Waals surface area (Å²) in [4.78, 5) is 15.6. The van der Waals surface area contributed by atoms with Crippen LogP contribution in [0.25, 0.3) is 0 Å². The number of esters is 1. The van der Waals surface area contributed by atoms with E-state index in [-0.39, 0.29) is 23.1 Å². The lowest BCUT2D eigenvalue weighted by Crippen LogP contribution is -2.60. The predicted molar refractivity (Wildman–Crippen MR) is 102 cm³/mol. The van der Waals surface area contributed by atoms with Crippen molar-refractivity contribution in [2.75, 3.05) is 11.6 Å². The van der Waals surface area contributed by atoms with Gasteiger partial charge in [0, 0.05) is 16.3 Å². The number of benzene rings is 1. The molecular formula is C17H14BrF4N3O3S. The van der Waals surface area contributed by atoms with Gasteiger partial charge in [0.25, 0.3) is 0 Å². The van der Waals surface area contributed by atoms with E-state index in [1.165, 1.54) is 5.38 Å². The molecule has 1 aromatic carbocycles. The molecule has 0 bridgehead atoms. The van der Waals surface area contributed by atoms with Crippen molar-refractivity contribution in [3.8, 4) is 0 Å². The summed E-state index contributed by atoms with van der Waals surface area (Å²) in [5.74, 6) is -5.64. The molecule has 3 rings (SSSR count). The summed E-state index contributed by atoms with van der Waals surface area (Å²) < 4.78 is 60.5. The number of ether oxygens (including phenoxy) is 1. The molecule has 6 nitrogen and oxygen atoms in total. The summed E-state index contributed by atoms with van der Waals surface area (Å²) in [6.07, 6.45) is -5.03. The standard InChI is InChI=1S/C17H14BrF4N3O3S/c1-2-28-13(26)12-8-29-15(23-12)25-16(27,17(21,22)14(19)20)7-11(24-25)9-3-5-10(18)6-4-9/h3-6,8,14,27H,2,7H2,1H3/t16-/m1/s1. The number of anilines is 1. The number of hydrogen-bond acceptors (Lipinski definition) is 7. The first-order valence-electron chi connectivity index (χ1n) is 8.24. The summed E-state index contributed by atoms with van der Waals surface area (Å²) in [6.45, 7) is 1.64. The number of aliphatic hydroxyl groups is 1. The smallest absolute Gasteiger partial charge is 0.357 e. The van der Waals surface area contributed by atoms with Gasteiger partial charge in [-0.05, 0) is 24.6 Å². The van der Waals surface area contributed by atoms with Gasteiger partial charge in [0.05, 0.1) is 12.3 Å². The number of nitrogens with zero attached hydrogens (tertiary/aromatic N) is 3. The zero-order valence-corrected chi connectivity index (χ0v) is 17.2. The van der Waals surface area contributed by atoms with Crippen LogP contribution < -0.4 is 5.01 Å². The molecule has 0 saturated heterocycles. The van der Waals surface area contributed by atoms with Crippen LogP contribution in [0.15, 0.2) is 39.2 Å². The molecule has 0 saturated carbocycles. The van der Waals surface area contributed by atoms with Gasteiger partial charge in [-0.1, -0.05) is 28.1 Å². The molecule has 0 aliphatic carbocycles. The van der Waals surface area contributed by atoms with E-state index in [4.69, 9.17) is 4.74 Å². The van der Waals surface area contributed by atoms with Gasteiger partial charge in [-0.3, -0.25) is 0 Å². The minimum absolute atomic E-state index is 0.0341. The van der Waals surface area contributed by atoms with E-state index in [0.717, 1.165) is 0 Å². The van der Waals surface area contributed by atoms with Crippen molar-refractivity contribution in [2.45, 2.75) is 31.4 Å². The quantitative estimate of drug-likeness (QED) is 0.478. The molecule has 2 heterocycles. The van der Waals surface area contributed by atoms with Crippen LogP contribution in [-0.2, 0) is 4.74 Å². The number of alkyl halides is 4. The minimum Gasteiger partial charge on any atom is -0.461 e. The monoisotopic (exact) mass is 495 g/mol. The Balaban J connectivity index is 2.05. The van der Waals surface area contributed by atoms with Gasteiger partial charge in [0.15, 0.2) is 5.69 Å². The first-order valence-corrected chi connectivity index (χ1v) is 9.92. The van der Waals surface area contributed by atoms with Crippen LogP contribution in [0.2, 0.25) is 0 Å². The number of thiazole rings is 1. The Bertz CT molecular complexity index is 938. The maximum atomic E-state index is 14.4. The van der Waals surface area contributed by atoms with Crippen LogP contribution in [0.5, 0.6) is 0 Å². The zero-order valence-electron chi connectivity index (χ0n) is 14.8. The Morgan fingerprint density at radius 2 is 2.07 bits per heavy atom. The van der Waals surface area contributed by atoms with Gasteiger partial charge < -0.3 is 9.84 Å². The number of halogens is 5. The van der Waals surface area contributed by atoms with E-state index >= 15 is 0 Å². The molecule has 1 atom stereocenters. The molecule has 2 aromatic rings. The van der Waals surface area contributed by atoms with Gasteiger partial charge in [-0.25, -0.2) is 18.6 Å². The first kappa shape index (κ1) is 21.7. The summed E-state index contributed by atoms with van der Waals surface area (Å²) >= 11 is 3.93. The van der Waals surface area contributed by atoms with E-state index in [0.29, 0.717) is 26.4 Å². The maximum Gasteiger partial charge on any atom is 0.357 e. The van der Waals surface area contributed by atoms with Gasteiger partial charge in [0.1, 0.15) is 0 Å². The van der Waals surface area contributed by atoms with Crippen molar-refractivity contribution >= 4 is 44.1 Å². The second kappa shape index (κ2) is 8.00. The Morgan fingerprint density at radius 3 is 2.66 bits per heavy atom. The highest BCUT2D eigenvalue weighted by Crippen LogP contribution is 2.46. The summed E-state index contributed by atoms with van der Waals surface area (Å²) in [5.41, 5.74) is -3.25. The van der Waals surface area contributed by atoms with E-state index in [2.05, 4.69) is 26.0 Å². The highest BCUT2D eigenvalue weighted by Gasteiger charge is 2.66. The first-order chi connectivity index (χ1) is 13.6. The van der Waals surface area contributed by atoms with Crippen LogP contribution in [0.1, 0.15) is 29.4 Å². The SMILES string of the molecule is CCOC(=O)c1csc(N2N=C(c3ccc(Br)cc3)C[C@@]2(O)C(F)(F)C(F)F)n1. The molecule has 1 aliphatic heterocycles. The summed E-state index contributed by atoms with van der Waals surface area (Å²) in [5, 5.41) is 15.8. The number of aromatic nitrogens is 1. The van der Waals surface area contributed by atoms with Crippen molar-refractivity contribution in [3.63, 3.8) is 0 Å². The Labute approximate surface area is 174 Å². The molecule has 0 radical (unpaired) electrons. The van der Waals surface area contributed by atoms with Crippen LogP contribution >= 0.6 is 27.3 Å². The normalized spacial score (nSPS) is 19.6. The van der Waals surface area contributed by atoms with Gasteiger partial charge in [-0.2, -0.15) is 18.9 Å². The zero-order chi connectivity index (χ0) is 21.4. The van der Waals surface area contributed by atoms with Crippen LogP contribution in [-0.4, -0.2) is 46.5 Å². The van der Waals surface area contributed by atoms with Crippen LogP contribution in [0.3, 0.4) is 0 Å². The van der Waals surface area contributed by atoms with Crippen molar-refractivity contribution in [3.05, 3.63) is 45.4 Å². The fourth-order valence-electron chi connectivity index (χ4n) is 2.64. The van der Waals surface area contributed by atoms with Gasteiger partial charge >= 0.3 is 18.3 Å². The average Bonchev–Trinajstić information content (AvgIpc) is 3.28. The average molecular weight is 496 g/mol. The number of hydrogen-bond donors (Lipinski definition) is 1. The molecule has 12 heteroatoms. The van der Waals surface area contributed by atoms with Crippen molar-refractivity contribution in [2.24, 2.45) is 5.10 Å². The van der Waals surface area contributed by atoms with Gasteiger partial charge in [-0.15, -0.1) is 11.3 Å². The fraction of sp³-hybridized carbons (Fsp3) is 0.353. The minimum atomic E-state index is -4.83. The second-order valence-corrected chi connectivity index (χ2v) is 7.77. The van der Waals surface area contributed by atoms with Crippen molar-refractivity contribution in [1.82, 2.24) is 4.98 Å². The molecule has 0 unspecified atom stereocenters. The second-order valence-electron chi connectivity index (χ2n) is 6.02. The van der Waals surface area contributed by atoms with Crippen LogP contribution in [0.4, 0.5) is 22.7 Å². The third kappa shape index (κ3) is 3.88. The Kier molecular flexibility index (Phi) is 5.97. The maximum absolute atomic E-state index is 14.4. The number of carbonyl (C=O) groups excluding carboxylic acids is 1. The van der Waals surface area contributed by atoms with Crippen LogP contribution in [0, 0.1) is 0 Å². The van der Waals surface area contributed by atoms with Gasteiger partial charge in [0.2, 0.25) is 10.9 Å². The van der Waals surface area contributed by atoms with Crippen molar-refractivity contribution in [1.29, 1.82) is 0 Å². The number of rotatable bonds is 6. The largest absolute Gasteiger partial charge is 0.461 e. The van der Waals surface area contributed by atoms with Crippen molar-refractivity contribution < 1.29 is 32.2 Å². The highest BCUT2D eigenvalue weighted by atomic mass is 79.9. The molecule has 29 heavy (non-hydrogen) atoms. The Morgan fingerprint density at radius 1 is 1.41 bits per heavy atom. The molecule has 0 spiro atoms. The Hall–Kier alpha value is -2.05. The molecule has 0 amide bonds. The van der Waals surface area contributed by atoms with E-state index in [1.54, 1.807) is 31.2 Å². The number of carbonyl (C=O) groups is 1. The number of hydrazone groups is 1. The molecular weight excluding hydrogens is 482 g/mol. The van der Waals surface area contributed by atoms with E-state index < -0.39 is 30.5 Å². The summed E-state index contributed by atoms with van der Waals surface area (Å²) in [6, 6.07) is 6.32. The fourth-order valence-corrected chi connectivity index (χ4v) is 3.72. The molecule has 1 aromatic heterocycles. The lowest BCUT2D eigenvalue weighted by molar-refractivity contribution is -0.237. The highest BCUT2D eigenvalue weighted by molar-refractivity contribution is 9.10. The predicted octanol–water partition coefficient (Wildman–Crippen LogP) is 4.29. The summed E-state index contributed by atoms with van der Waals surface area (Å²) in [7, 11) is 0. The van der Waals surface area contributed by atoms with E-state index in [1.807, 2.05) is 0 Å². The third-order valence-corrected chi connectivity index (χ3v) is 5.47. The lowest BCUT2D eigenvalue weighted by atomic mass is 9.96. The molecule has 0 fully saturated rings. The molecule has 1 aliphatic rings. The topological polar surface area (TPSA) is 75.0 Å². The molecule has 1 N–H and O–H groups in total. The molecule has 156 valence electrons. The lowest BCUT2D eigenvalue weighted by Gasteiger charge is -2.36.